The molecule has 1 heterocycles. The van der Waals surface area contributed by atoms with Gasteiger partial charge in [-0.25, -0.2) is 9.18 Å². The second-order valence-electron chi connectivity index (χ2n) is 3.38. The molecule has 0 unspecified atom stereocenters. The number of hydrogen-bond acceptors (Lipinski definition) is 2. The van der Waals surface area contributed by atoms with Gasteiger partial charge in [0, 0.05) is 18.2 Å². The Labute approximate surface area is 89.8 Å². The van der Waals surface area contributed by atoms with Crippen molar-refractivity contribution in [2.45, 2.75) is 6.42 Å². The van der Waals surface area contributed by atoms with Crippen molar-refractivity contribution in [1.29, 1.82) is 0 Å². The molecule has 0 saturated heterocycles. The van der Waals surface area contributed by atoms with Crippen LogP contribution in [0.25, 0.3) is 0 Å². The zero-order valence-electron chi connectivity index (χ0n) is 8.29. The molecule has 5 heteroatoms. The van der Waals surface area contributed by atoms with Crippen LogP contribution in [0, 0.1) is 5.82 Å². The molecule has 2 aromatic rings. The largest absolute Gasteiger partial charge is 0.325 e. The van der Waals surface area contributed by atoms with Crippen LogP contribution in [0.4, 0.5) is 4.39 Å². The molecule has 0 aliphatic rings. The normalized spacial score (nSPS) is 10.3. The topological polar surface area (TPSA) is 65.7 Å². The number of nitrogens with one attached hydrogen (secondary N) is 2. The lowest BCUT2D eigenvalue weighted by Crippen LogP contribution is -2.23. The molecule has 2 rings (SSSR count). The summed E-state index contributed by atoms with van der Waals surface area (Å²) in [6.07, 6.45) is 0.186. The second-order valence-corrected chi connectivity index (χ2v) is 3.38. The van der Waals surface area contributed by atoms with E-state index in [1.165, 1.54) is 12.1 Å². The van der Waals surface area contributed by atoms with Gasteiger partial charge in [0.2, 0.25) is 0 Å². The van der Waals surface area contributed by atoms with Gasteiger partial charge in [-0.3, -0.25) is 9.78 Å². The summed E-state index contributed by atoms with van der Waals surface area (Å²) in [6, 6.07) is 7.46. The van der Waals surface area contributed by atoms with Gasteiger partial charge in [0.1, 0.15) is 5.82 Å². The van der Waals surface area contributed by atoms with Crippen molar-refractivity contribution >= 4 is 0 Å². The van der Waals surface area contributed by atoms with Crippen LogP contribution in [-0.2, 0) is 6.42 Å². The van der Waals surface area contributed by atoms with Gasteiger partial charge in [-0.1, -0.05) is 18.2 Å². The van der Waals surface area contributed by atoms with E-state index in [4.69, 9.17) is 0 Å². The summed E-state index contributed by atoms with van der Waals surface area (Å²) in [5.41, 5.74) is -0.253. The van der Waals surface area contributed by atoms with Crippen molar-refractivity contribution < 1.29 is 4.39 Å². The fourth-order valence-corrected chi connectivity index (χ4v) is 1.46. The number of hydrogen-bond donors (Lipinski definition) is 2. The Morgan fingerprint density at radius 3 is 2.56 bits per heavy atom. The summed E-state index contributed by atoms with van der Waals surface area (Å²) in [5.74, 6) is -0.358. The predicted octanol–water partition coefficient (Wildman–Crippen LogP) is 0.793. The van der Waals surface area contributed by atoms with Gasteiger partial charge < -0.3 is 4.98 Å². The van der Waals surface area contributed by atoms with E-state index >= 15 is 0 Å². The van der Waals surface area contributed by atoms with Crippen LogP contribution < -0.4 is 11.2 Å². The average molecular weight is 220 g/mol. The van der Waals surface area contributed by atoms with E-state index in [0.29, 0.717) is 11.3 Å². The summed E-state index contributed by atoms with van der Waals surface area (Å²) in [4.78, 5) is 26.5. The standard InChI is InChI=1S/C11H9FN2O2/c12-9-4-2-1-3-7(9)5-8-6-10(15)14-11(16)13-8/h1-4,6H,5H2,(H2,13,14,15,16). The SMILES string of the molecule is O=c1cc(Cc2ccccc2F)[nH]c(=O)[nH]1. The predicted molar refractivity (Wildman–Crippen MR) is 56.9 cm³/mol. The van der Waals surface area contributed by atoms with Gasteiger partial charge in [0.25, 0.3) is 5.56 Å². The van der Waals surface area contributed by atoms with Gasteiger partial charge in [-0.05, 0) is 11.6 Å². The molecule has 82 valence electrons. The van der Waals surface area contributed by atoms with E-state index in [1.54, 1.807) is 18.2 Å². The number of rotatable bonds is 2. The van der Waals surface area contributed by atoms with Gasteiger partial charge in [-0.2, -0.15) is 0 Å². The molecule has 0 aliphatic carbocycles. The summed E-state index contributed by atoms with van der Waals surface area (Å²) < 4.78 is 13.3. The smallest absolute Gasteiger partial charge is 0.311 e. The lowest BCUT2D eigenvalue weighted by atomic mass is 10.1. The lowest BCUT2D eigenvalue weighted by Gasteiger charge is -2.02. The first-order chi connectivity index (χ1) is 7.65. The first-order valence-electron chi connectivity index (χ1n) is 4.71. The quantitative estimate of drug-likeness (QED) is 0.785. The highest BCUT2D eigenvalue weighted by Gasteiger charge is 2.03. The van der Waals surface area contributed by atoms with Crippen LogP contribution >= 0.6 is 0 Å². The molecular formula is C11H9FN2O2. The Morgan fingerprint density at radius 1 is 1.12 bits per heavy atom. The first-order valence-corrected chi connectivity index (χ1v) is 4.71. The van der Waals surface area contributed by atoms with Gasteiger partial charge >= 0.3 is 5.69 Å². The second kappa shape index (κ2) is 4.14. The highest BCUT2D eigenvalue weighted by Crippen LogP contribution is 2.09. The molecular weight excluding hydrogens is 211 g/mol. The molecule has 0 fully saturated rings. The van der Waals surface area contributed by atoms with Gasteiger partial charge in [0.05, 0.1) is 0 Å². The highest BCUT2D eigenvalue weighted by atomic mass is 19.1. The summed E-state index contributed by atoms with van der Waals surface area (Å²) in [7, 11) is 0. The summed E-state index contributed by atoms with van der Waals surface area (Å²) in [5, 5.41) is 0. The van der Waals surface area contributed by atoms with Crippen molar-refractivity contribution in [3.8, 4) is 0 Å². The number of benzene rings is 1. The Hall–Kier alpha value is -2.17. The number of aromatic amines is 2. The number of H-pyrrole nitrogens is 2. The van der Waals surface area contributed by atoms with Gasteiger partial charge in [0.15, 0.2) is 0 Å². The van der Waals surface area contributed by atoms with Crippen LogP contribution in [-0.4, -0.2) is 9.97 Å². The van der Waals surface area contributed by atoms with E-state index in [0.717, 1.165) is 0 Å². The van der Waals surface area contributed by atoms with Crippen LogP contribution in [0.3, 0.4) is 0 Å². The third-order valence-electron chi connectivity index (χ3n) is 2.15. The third-order valence-corrected chi connectivity index (χ3v) is 2.15. The first kappa shape index (κ1) is 10.4. The summed E-state index contributed by atoms with van der Waals surface area (Å²) in [6.45, 7) is 0. The molecule has 0 saturated carbocycles. The van der Waals surface area contributed by atoms with Crippen molar-refractivity contribution in [3.63, 3.8) is 0 Å². The number of aromatic nitrogens is 2. The van der Waals surface area contributed by atoms with Crippen LogP contribution in [0.5, 0.6) is 0 Å². The fourth-order valence-electron chi connectivity index (χ4n) is 1.46. The van der Waals surface area contributed by atoms with E-state index in [9.17, 15) is 14.0 Å². The maximum Gasteiger partial charge on any atom is 0.325 e. The van der Waals surface area contributed by atoms with Crippen molar-refractivity contribution in [2.24, 2.45) is 0 Å². The Kier molecular flexibility index (Phi) is 2.68. The zero-order valence-corrected chi connectivity index (χ0v) is 8.29. The molecule has 16 heavy (non-hydrogen) atoms. The van der Waals surface area contributed by atoms with E-state index < -0.39 is 11.2 Å². The fraction of sp³-hybridized carbons (Fsp3) is 0.0909. The molecule has 1 aromatic heterocycles. The van der Waals surface area contributed by atoms with Crippen LogP contribution in [0.2, 0.25) is 0 Å². The van der Waals surface area contributed by atoms with E-state index in [-0.39, 0.29) is 12.2 Å². The van der Waals surface area contributed by atoms with Crippen molar-refractivity contribution in [1.82, 2.24) is 9.97 Å². The minimum Gasteiger partial charge on any atom is -0.311 e. The molecule has 0 spiro atoms. The Morgan fingerprint density at radius 2 is 1.88 bits per heavy atom. The molecule has 0 aliphatic heterocycles. The molecule has 1 aromatic carbocycles. The van der Waals surface area contributed by atoms with Crippen molar-refractivity contribution in [3.05, 3.63) is 68.2 Å². The molecule has 0 amide bonds. The van der Waals surface area contributed by atoms with E-state index in [1.807, 2.05) is 0 Å². The molecule has 4 nitrogen and oxygen atoms in total. The van der Waals surface area contributed by atoms with E-state index in [2.05, 4.69) is 9.97 Å². The highest BCUT2D eigenvalue weighted by molar-refractivity contribution is 5.22. The van der Waals surface area contributed by atoms with Crippen molar-refractivity contribution in [2.75, 3.05) is 0 Å². The number of halogens is 1. The minimum atomic E-state index is -0.584. The summed E-state index contributed by atoms with van der Waals surface area (Å²) >= 11 is 0. The molecule has 0 radical (unpaired) electrons. The zero-order chi connectivity index (χ0) is 11.5. The average Bonchev–Trinajstić information content (AvgIpc) is 2.20. The molecule has 2 N–H and O–H groups in total. The monoisotopic (exact) mass is 220 g/mol. The molecule has 0 bridgehead atoms. The Balaban J connectivity index is 2.38. The lowest BCUT2D eigenvalue weighted by molar-refractivity contribution is 0.613. The van der Waals surface area contributed by atoms with Gasteiger partial charge in [-0.15, -0.1) is 0 Å². The minimum absolute atomic E-state index is 0.186. The van der Waals surface area contributed by atoms with Crippen LogP contribution in [0.15, 0.2) is 39.9 Å². The van der Waals surface area contributed by atoms with Crippen LogP contribution in [0.1, 0.15) is 11.3 Å². The molecule has 0 atom stereocenters. The maximum atomic E-state index is 13.3. The Bertz CT molecular complexity index is 587. The third kappa shape index (κ3) is 2.25. The maximum absolute atomic E-state index is 13.3.